The zero-order valence-corrected chi connectivity index (χ0v) is 23.6. The molecule has 2 aliphatic rings. The third-order valence-electron chi connectivity index (χ3n) is 9.74. The predicted octanol–water partition coefficient (Wildman–Crippen LogP) is 8.06. The van der Waals surface area contributed by atoms with Crippen LogP contribution in [0.15, 0.2) is 23.6 Å². The number of aromatic nitrogens is 1. The summed E-state index contributed by atoms with van der Waals surface area (Å²) in [7, 11) is 0. The van der Waals surface area contributed by atoms with Crippen molar-refractivity contribution in [1.29, 1.82) is 0 Å². The molecular formula is C31H48N2OS. The second-order valence-electron chi connectivity index (χ2n) is 11.2. The van der Waals surface area contributed by atoms with E-state index in [4.69, 9.17) is 10.1 Å². The molecule has 1 aromatic carbocycles. The summed E-state index contributed by atoms with van der Waals surface area (Å²) in [6.07, 6.45) is 13.3. The number of thiazole rings is 1. The van der Waals surface area contributed by atoms with Gasteiger partial charge in [-0.3, -0.25) is 0 Å². The zero-order valence-electron chi connectivity index (χ0n) is 22.7. The predicted molar refractivity (Wildman–Crippen MR) is 151 cm³/mol. The Kier molecular flexibility index (Phi) is 9.10. The van der Waals surface area contributed by atoms with Gasteiger partial charge in [-0.05, 0) is 106 Å². The van der Waals surface area contributed by atoms with Gasteiger partial charge in [-0.1, -0.05) is 45.9 Å². The molecular weight excluding hydrogens is 448 g/mol. The Balaban J connectivity index is 1.63. The SMILES string of the molecule is CCC1(CC)CCC(CC)(CC)c2c(-c3csc(C4CCCN(CCCCCO)C4)n3)cccc21. The highest BCUT2D eigenvalue weighted by atomic mass is 32.1. The van der Waals surface area contributed by atoms with E-state index in [0.717, 1.165) is 25.9 Å². The topological polar surface area (TPSA) is 36.4 Å². The minimum atomic E-state index is 0.278. The van der Waals surface area contributed by atoms with Gasteiger partial charge in [-0.25, -0.2) is 4.98 Å². The maximum atomic E-state index is 9.06. The molecule has 0 amide bonds. The van der Waals surface area contributed by atoms with E-state index in [0.29, 0.717) is 17.9 Å². The summed E-state index contributed by atoms with van der Waals surface area (Å²) in [5.74, 6) is 0.562. The Bertz CT molecular complexity index is 943. The summed E-state index contributed by atoms with van der Waals surface area (Å²) in [5, 5.41) is 12.8. The summed E-state index contributed by atoms with van der Waals surface area (Å²) < 4.78 is 0. The van der Waals surface area contributed by atoms with Crippen LogP contribution in [0.5, 0.6) is 0 Å². The number of rotatable bonds is 11. The molecule has 1 aliphatic carbocycles. The Hall–Kier alpha value is -1.23. The summed E-state index contributed by atoms with van der Waals surface area (Å²) in [6, 6.07) is 7.13. The van der Waals surface area contributed by atoms with Crippen LogP contribution >= 0.6 is 11.3 Å². The number of unbranched alkanes of at least 4 members (excludes halogenated alkanes) is 2. The van der Waals surface area contributed by atoms with Gasteiger partial charge < -0.3 is 10.0 Å². The molecule has 1 fully saturated rings. The van der Waals surface area contributed by atoms with Crippen molar-refractivity contribution in [2.75, 3.05) is 26.2 Å². The Labute approximate surface area is 218 Å². The number of likely N-dealkylation sites (tertiary alicyclic amines) is 1. The first-order valence-electron chi connectivity index (χ1n) is 14.5. The normalized spacial score (nSPS) is 21.7. The maximum Gasteiger partial charge on any atom is 0.0976 e. The highest BCUT2D eigenvalue weighted by Gasteiger charge is 2.45. The molecule has 0 radical (unpaired) electrons. The minimum Gasteiger partial charge on any atom is -0.396 e. The van der Waals surface area contributed by atoms with Crippen LogP contribution in [0.2, 0.25) is 0 Å². The molecule has 194 valence electrons. The van der Waals surface area contributed by atoms with Gasteiger partial charge in [-0.2, -0.15) is 0 Å². The summed E-state index contributed by atoms with van der Waals surface area (Å²) in [4.78, 5) is 7.98. The van der Waals surface area contributed by atoms with E-state index in [1.54, 1.807) is 11.1 Å². The van der Waals surface area contributed by atoms with Crippen LogP contribution in [0.25, 0.3) is 11.3 Å². The lowest BCUT2D eigenvalue weighted by Crippen LogP contribution is -2.40. The molecule has 1 aliphatic heterocycles. The van der Waals surface area contributed by atoms with Crippen molar-refractivity contribution in [2.45, 2.75) is 115 Å². The molecule has 1 atom stereocenters. The van der Waals surface area contributed by atoms with E-state index in [9.17, 15) is 0 Å². The van der Waals surface area contributed by atoms with Crippen molar-refractivity contribution in [3.05, 3.63) is 39.7 Å². The largest absolute Gasteiger partial charge is 0.396 e. The molecule has 4 rings (SSSR count). The average molecular weight is 497 g/mol. The Morgan fingerprint density at radius 2 is 1.74 bits per heavy atom. The molecule has 1 saturated heterocycles. The molecule has 4 heteroatoms. The first-order valence-corrected chi connectivity index (χ1v) is 15.4. The average Bonchev–Trinajstić information content (AvgIpc) is 3.41. The van der Waals surface area contributed by atoms with Crippen LogP contribution in [-0.4, -0.2) is 41.2 Å². The Morgan fingerprint density at radius 3 is 2.46 bits per heavy atom. The molecule has 2 aromatic rings. The second-order valence-corrected chi connectivity index (χ2v) is 12.1. The summed E-state index contributed by atoms with van der Waals surface area (Å²) in [5.41, 5.74) is 6.48. The van der Waals surface area contributed by atoms with Crippen molar-refractivity contribution in [3.8, 4) is 11.3 Å². The van der Waals surface area contributed by atoms with E-state index in [1.165, 1.54) is 80.6 Å². The van der Waals surface area contributed by atoms with E-state index >= 15 is 0 Å². The molecule has 0 bridgehead atoms. The fourth-order valence-corrected chi connectivity index (χ4v) is 8.09. The number of benzene rings is 1. The number of fused-ring (bicyclic) bond motifs is 1. The fourth-order valence-electron chi connectivity index (χ4n) is 7.14. The van der Waals surface area contributed by atoms with Crippen molar-refractivity contribution in [1.82, 2.24) is 9.88 Å². The van der Waals surface area contributed by atoms with Crippen LogP contribution in [0.1, 0.15) is 120 Å². The molecule has 1 N–H and O–H groups in total. The van der Waals surface area contributed by atoms with E-state index < -0.39 is 0 Å². The smallest absolute Gasteiger partial charge is 0.0976 e. The van der Waals surface area contributed by atoms with Gasteiger partial charge in [0, 0.05) is 30.0 Å². The van der Waals surface area contributed by atoms with Gasteiger partial charge in [0.05, 0.1) is 10.7 Å². The lowest BCUT2D eigenvalue weighted by molar-refractivity contribution is 0.200. The first-order chi connectivity index (χ1) is 17.1. The van der Waals surface area contributed by atoms with E-state index in [-0.39, 0.29) is 5.41 Å². The van der Waals surface area contributed by atoms with Crippen LogP contribution in [0, 0.1) is 0 Å². The van der Waals surface area contributed by atoms with Crippen molar-refractivity contribution >= 4 is 11.3 Å². The molecule has 1 aromatic heterocycles. The fraction of sp³-hybridized carbons (Fsp3) is 0.710. The highest BCUT2D eigenvalue weighted by Crippen LogP contribution is 2.55. The van der Waals surface area contributed by atoms with E-state index in [1.807, 2.05) is 11.3 Å². The third kappa shape index (κ3) is 5.26. The maximum absolute atomic E-state index is 9.06. The lowest BCUT2D eigenvalue weighted by atomic mass is 9.56. The number of aliphatic hydroxyl groups excluding tert-OH is 1. The van der Waals surface area contributed by atoms with Crippen LogP contribution in [-0.2, 0) is 10.8 Å². The van der Waals surface area contributed by atoms with Gasteiger partial charge >= 0.3 is 0 Å². The molecule has 3 nitrogen and oxygen atoms in total. The molecule has 35 heavy (non-hydrogen) atoms. The van der Waals surface area contributed by atoms with Crippen LogP contribution in [0.4, 0.5) is 0 Å². The van der Waals surface area contributed by atoms with Gasteiger partial charge in [-0.15, -0.1) is 11.3 Å². The van der Waals surface area contributed by atoms with Gasteiger partial charge in [0.25, 0.3) is 0 Å². The van der Waals surface area contributed by atoms with Crippen LogP contribution < -0.4 is 0 Å². The molecule has 0 spiro atoms. The standard InChI is InChI=1S/C31H48N2OS/c1-5-30(6-2)17-18-31(7-3,8-4)28-25(15-12-16-26(28)30)27-23-35-29(32-27)24-14-13-20-33(22-24)19-10-9-11-21-34/h12,15-16,23-24,34H,5-11,13-14,17-22H2,1-4H3. The Morgan fingerprint density at radius 1 is 1.00 bits per heavy atom. The van der Waals surface area contributed by atoms with Crippen molar-refractivity contribution < 1.29 is 5.11 Å². The van der Waals surface area contributed by atoms with Crippen molar-refractivity contribution in [3.63, 3.8) is 0 Å². The van der Waals surface area contributed by atoms with Gasteiger partial charge in [0.2, 0.25) is 0 Å². The first kappa shape index (κ1) is 26.8. The minimum absolute atomic E-state index is 0.278. The van der Waals surface area contributed by atoms with Crippen molar-refractivity contribution in [2.24, 2.45) is 0 Å². The summed E-state index contributed by atoms with van der Waals surface area (Å²) >= 11 is 1.89. The van der Waals surface area contributed by atoms with Gasteiger partial charge in [0.1, 0.15) is 0 Å². The molecule has 0 saturated carbocycles. The van der Waals surface area contributed by atoms with Crippen LogP contribution in [0.3, 0.4) is 0 Å². The number of piperidine rings is 1. The van der Waals surface area contributed by atoms with E-state index in [2.05, 4.69) is 56.2 Å². The van der Waals surface area contributed by atoms with Gasteiger partial charge in [0.15, 0.2) is 0 Å². The molecule has 1 unspecified atom stereocenters. The summed E-state index contributed by atoms with van der Waals surface area (Å²) in [6.45, 7) is 13.4. The monoisotopic (exact) mass is 496 g/mol. The second kappa shape index (κ2) is 11.9. The number of hydrogen-bond donors (Lipinski definition) is 1. The molecule has 2 heterocycles. The number of hydrogen-bond acceptors (Lipinski definition) is 4. The third-order valence-corrected chi connectivity index (χ3v) is 10.7. The quantitative estimate of drug-likeness (QED) is 0.320. The number of nitrogens with zero attached hydrogens (tertiary/aromatic N) is 2. The number of aliphatic hydroxyl groups is 1. The zero-order chi connectivity index (χ0) is 24.9. The highest BCUT2D eigenvalue weighted by molar-refractivity contribution is 7.10. The lowest BCUT2D eigenvalue weighted by Gasteiger charge is -2.48.